The molecule has 2 aliphatic heterocycles. The fraction of sp³-hybridized carbons (Fsp3) is 0.419. The summed E-state index contributed by atoms with van der Waals surface area (Å²) >= 11 is 0. The van der Waals surface area contributed by atoms with Gasteiger partial charge in [-0.1, -0.05) is 54.1 Å². The second-order valence-electron chi connectivity index (χ2n) is 10.7. The fourth-order valence-corrected chi connectivity index (χ4v) is 5.32. The Labute approximate surface area is 223 Å². The Balaban J connectivity index is 1.26. The average Bonchev–Trinajstić information content (AvgIpc) is 3.24. The summed E-state index contributed by atoms with van der Waals surface area (Å²) in [5, 5.41) is 40.3. The molecule has 0 saturated carbocycles. The van der Waals surface area contributed by atoms with Gasteiger partial charge in [-0.25, -0.2) is 0 Å². The second-order valence-corrected chi connectivity index (χ2v) is 10.7. The van der Waals surface area contributed by atoms with E-state index in [1.54, 1.807) is 0 Å². The molecular formula is C31H36O7. The van der Waals surface area contributed by atoms with E-state index in [1.165, 1.54) is 16.7 Å². The minimum Gasteiger partial charge on any atom is -0.490 e. The number of aliphatic hydroxyl groups excluding tert-OH is 4. The topological polar surface area (TPSA) is 109 Å². The van der Waals surface area contributed by atoms with Gasteiger partial charge in [0.25, 0.3) is 0 Å². The molecule has 0 bridgehead atoms. The summed E-state index contributed by atoms with van der Waals surface area (Å²) in [7, 11) is 0. The smallest absolute Gasteiger partial charge is 0.125 e. The van der Waals surface area contributed by atoms with E-state index in [1.807, 2.05) is 49.4 Å². The Kier molecular flexibility index (Phi) is 7.60. The summed E-state index contributed by atoms with van der Waals surface area (Å²) in [4.78, 5) is 0. The molecular weight excluding hydrogens is 484 g/mol. The molecule has 5 rings (SSSR count). The standard InChI is InChI=1S/C31H36O7/c1-18-4-8-22-16-37-31(3,25(22)12-18)17-36-24-10-6-20(7-11-24)13-23-14-21(9-5-19(23)2)30-29(35)28(34)27(33)26(15-32)38-30/h4-12,14,26-30,32-35H,13,15-17H2,1-3H3/t26-,27-,28+,29-,30+,31?/m1/s1. The molecule has 0 aromatic heterocycles. The van der Waals surface area contributed by atoms with Gasteiger partial charge in [-0.15, -0.1) is 0 Å². The quantitative estimate of drug-likeness (QED) is 0.379. The molecule has 1 unspecified atom stereocenters. The Morgan fingerprint density at radius 1 is 0.921 bits per heavy atom. The number of hydrogen-bond donors (Lipinski definition) is 4. The van der Waals surface area contributed by atoms with E-state index in [0.29, 0.717) is 25.2 Å². The maximum Gasteiger partial charge on any atom is 0.125 e. The molecule has 2 heterocycles. The Hall–Kier alpha value is -2.78. The van der Waals surface area contributed by atoms with Gasteiger partial charge >= 0.3 is 0 Å². The highest BCUT2D eigenvalue weighted by molar-refractivity contribution is 5.40. The van der Waals surface area contributed by atoms with Crippen LogP contribution in [-0.4, -0.2) is 58.1 Å². The van der Waals surface area contributed by atoms with E-state index in [-0.39, 0.29) is 0 Å². The van der Waals surface area contributed by atoms with Crippen LogP contribution in [0.1, 0.15) is 52.0 Å². The molecule has 7 nitrogen and oxygen atoms in total. The summed E-state index contributed by atoms with van der Waals surface area (Å²) in [6.45, 7) is 6.73. The summed E-state index contributed by atoms with van der Waals surface area (Å²) in [6, 6.07) is 20.1. The number of aryl methyl sites for hydroxylation is 2. The molecule has 7 heteroatoms. The van der Waals surface area contributed by atoms with Crippen molar-refractivity contribution in [3.05, 3.63) is 99.6 Å². The molecule has 3 aromatic carbocycles. The van der Waals surface area contributed by atoms with Crippen LogP contribution in [0.4, 0.5) is 0 Å². The highest BCUT2D eigenvalue weighted by Gasteiger charge is 2.44. The van der Waals surface area contributed by atoms with Gasteiger partial charge in [0.05, 0.1) is 13.2 Å². The first-order valence-corrected chi connectivity index (χ1v) is 13.0. The first-order valence-electron chi connectivity index (χ1n) is 13.0. The number of ether oxygens (including phenoxy) is 3. The van der Waals surface area contributed by atoms with Crippen molar-refractivity contribution in [3.8, 4) is 5.75 Å². The van der Waals surface area contributed by atoms with E-state index >= 15 is 0 Å². The predicted octanol–water partition coefficient (Wildman–Crippen LogP) is 3.23. The van der Waals surface area contributed by atoms with Crippen molar-refractivity contribution in [2.45, 2.75) is 69.9 Å². The lowest BCUT2D eigenvalue weighted by Crippen LogP contribution is -2.55. The first-order chi connectivity index (χ1) is 18.2. The van der Waals surface area contributed by atoms with Crippen LogP contribution in [0.25, 0.3) is 0 Å². The van der Waals surface area contributed by atoms with Crippen LogP contribution in [0.5, 0.6) is 5.75 Å². The lowest BCUT2D eigenvalue weighted by Gasteiger charge is -2.40. The van der Waals surface area contributed by atoms with Gasteiger partial charge in [0.1, 0.15) is 48.5 Å². The highest BCUT2D eigenvalue weighted by atomic mass is 16.6. The maximum atomic E-state index is 10.5. The molecule has 6 atom stereocenters. The van der Waals surface area contributed by atoms with Crippen molar-refractivity contribution in [2.24, 2.45) is 0 Å². The van der Waals surface area contributed by atoms with Crippen LogP contribution >= 0.6 is 0 Å². The van der Waals surface area contributed by atoms with Gasteiger partial charge in [0.2, 0.25) is 0 Å². The van der Waals surface area contributed by atoms with Crippen LogP contribution < -0.4 is 4.74 Å². The Morgan fingerprint density at radius 3 is 2.42 bits per heavy atom. The van der Waals surface area contributed by atoms with E-state index in [0.717, 1.165) is 22.4 Å². The monoisotopic (exact) mass is 520 g/mol. The number of aliphatic hydroxyl groups is 4. The SMILES string of the molecule is Cc1ccc2c(c1)C(C)(COc1ccc(Cc3cc([C@@H]4O[C@H](CO)[C@@H](O)[C@H](O)[C@H]4O)ccc3C)cc1)OC2. The van der Waals surface area contributed by atoms with E-state index < -0.39 is 42.7 Å². The van der Waals surface area contributed by atoms with Crippen molar-refractivity contribution >= 4 is 0 Å². The fourth-order valence-electron chi connectivity index (χ4n) is 5.32. The van der Waals surface area contributed by atoms with Gasteiger partial charge in [0, 0.05) is 0 Å². The summed E-state index contributed by atoms with van der Waals surface area (Å²) in [6.07, 6.45) is -5.22. The second kappa shape index (κ2) is 10.8. The van der Waals surface area contributed by atoms with Gasteiger partial charge in [-0.05, 0) is 72.7 Å². The van der Waals surface area contributed by atoms with Crippen LogP contribution in [0.15, 0.2) is 60.7 Å². The lowest BCUT2D eigenvalue weighted by atomic mass is 9.89. The lowest BCUT2D eigenvalue weighted by molar-refractivity contribution is -0.231. The average molecular weight is 521 g/mol. The highest BCUT2D eigenvalue weighted by Crippen LogP contribution is 2.37. The molecule has 3 aromatic rings. The molecule has 202 valence electrons. The van der Waals surface area contributed by atoms with Crippen molar-refractivity contribution in [1.29, 1.82) is 0 Å². The Bertz CT molecular complexity index is 1270. The first kappa shape index (κ1) is 26.8. The van der Waals surface area contributed by atoms with E-state index in [9.17, 15) is 20.4 Å². The summed E-state index contributed by atoms with van der Waals surface area (Å²) in [5.41, 5.74) is 7.02. The third-order valence-corrected chi connectivity index (χ3v) is 7.81. The zero-order valence-corrected chi connectivity index (χ0v) is 22.0. The zero-order valence-electron chi connectivity index (χ0n) is 22.0. The van der Waals surface area contributed by atoms with Crippen LogP contribution in [0.2, 0.25) is 0 Å². The number of benzene rings is 3. The minimum atomic E-state index is -1.41. The van der Waals surface area contributed by atoms with Gasteiger partial charge in [-0.2, -0.15) is 0 Å². The molecule has 2 aliphatic rings. The van der Waals surface area contributed by atoms with Crippen LogP contribution in [0.3, 0.4) is 0 Å². The molecule has 0 amide bonds. The van der Waals surface area contributed by atoms with Crippen molar-refractivity contribution < 1.29 is 34.6 Å². The van der Waals surface area contributed by atoms with Crippen LogP contribution in [-0.2, 0) is 28.1 Å². The number of rotatable bonds is 7. The molecule has 1 fully saturated rings. The van der Waals surface area contributed by atoms with E-state index in [4.69, 9.17) is 14.2 Å². The van der Waals surface area contributed by atoms with Gasteiger partial charge < -0.3 is 34.6 Å². The molecule has 0 radical (unpaired) electrons. The van der Waals surface area contributed by atoms with E-state index in [2.05, 4.69) is 32.0 Å². The predicted molar refractivity (Wildman–Crippen MR) is 142 cm³/mol. The third kappa shape index (κ3) is 5.23. The minimum absolute atomic E-state index is 0.420. The molecule has 0 aliphatic carbocycles. The summed E-state index contributed by atoms with van der Waals surface area (Å²) < 4.78 is 18.0. The molecule has 1 saturated heterocycles. The Morgan fingerprint density at radius 2 is 1.68 bits per heavy atom. The summed E-state index contributed by atoms with van der Waals surface area (Å²) in [5.74, 6) is 0.770. The number of hydrogen-bond acceptors (Lipinski definition) is 7. The van der Waals surface area contributed by atoms with Crippen molar-refractivity contribution in [2.75, 3.05) is 13.2 Å². The van der Waals surface area contributed by atoms with Crippen LogP contribution in [0, 0.1) is 13.8 Å². The van der Waals surface area contributed by atoms with Crippen molar-refractivity contribution in [3.63, 3.8) is 0 Å². The normalized spacial score (nSPS) is 28.8. The maximum absolute atomic E-state index is 10.5. The zero-order chi connectivity index (χ0) is 27.0. The van der Waals surface area contributed by atoms with Gasteiger partial charge in [0.15, 0.2) is 0 Å². The largest absolute Gasteiger partial charge is 0.490 e. The van der Waals surface area contributed by atoms with Crippen molar-refractivity contribution in [1.82, 2.24) is 0 Å². The molecule has 38 heavy (non-hydrogen) atoms. The third-order valence-electron chi connectivity index (χ3n) is 7.81. The molecule has 0 spiro atoms. The van der Waals surface area contributed by atoms with Gasteiger partial charge in [-0.3, -0.25) is 0 Å². The number of fused-ring (bicyclic) bond motifs is 1. The molecule has 4 N–H and O–H groups in total.